The normalized spacial score (nSPS) is 10.9. The van der Waals surface area contributed by atoms with Crippen LogP contribution in [0.3, 0.4) is 0 Å². The molecule has 0 radical (unpaired) electrons. The first-order chi connectivity index (χ1) is 8.29. The number of aryl methyl sites for hydroxylation is 1. The summed E-state index contributed by atoms with van der Waals surface area (Å²) in [6.45, 7) is 2.16. The molecule has 0 atom stereocenters. The zero-order valence-electron chi connectivity index (χ0n) is 9.73. The Balaban J connectivity index is 2.17. The Morgan fingerprint density at radius 3 is 2.41 bits per heavy atom. The Hall–Kier alpha value is -1.16. The van der Waals surface area contributed by atoms with Gasteiger partial charge in [0.05, 0.1) is 5.69 Å². The van der Waals surface area contributed by atoms with Crippen molar-refractivity contribution in [1.29, 1.82) is 0 Å². The van der Waals surface area contributed by atoms with Crippen LogP contribution in [0, 0.1) is 3.57 Å². The van der Waals surface area contributed by atoms with Gasteiger partial charge in [0.25, 0.3) is 0 Å². The van der Waals surface area contributed by atoms with Crippen LogP contribution in [-0.4, -0.2) is 6.21 Å². The van der Waals surface area contributed by atoms with Crippen LogP contribution in [0.2, 0.25) is 0 Å². The molecule has 0 aliphatic heterocycles. The molecule has 0 aromatic heterocycles. The van der Waals surface area contributed by atoms with Crippen molar-refractivity contribution in [2.24, 2.45) is 4.99 Å². The monoisotopic (exact) mass is 335 g/mol. The molecule has 0 spiro atoms. The average Bonchev–Trinajstić information content (AvgIpc) is 2.38. The molecule has 1 nitrogen and oxygen atoms in total. The predicted octanol–water partition coefficient (Wildman–Crippen LogP) is 4.60. The number of halogens is 1. The molecule has 0 saturated carbocycles. The van der Waals surface area contributed by atoms with Gasteiger partial charge in [-0.25, -0.2) is 0 Å². The van der Waals surface area contributed by atoms with Crippen LogP contribution >= 0.6 is 22.6 Å². The molecule has 2 aromatic carbocycles. The second kappa shape index (κ2) is 5.96. The summed E-state index contributed by atoms with van der Waals surface area (Å²) in [6.07, 6.45) is 2.99. The molecule has 0 unspecified atom stereocenters. The van der Waals surface area contributed by atoms with E-state index < -0.39 is 0 Å². The smallest absolute Gasteiger partial charge is 0.0630 e. The summed E-state index contributed by atoms with van der Waals surface area (Å²) in [5.74, 6) is 0. The highest BCUT2D eigenvalue weighted by atomic mass is 127. The summed E-state index contributed by atoms with van der Waals surface area (Å²) in [5.41, 5.74) is 3.51. The standard InChI is InChI=1S/C15H14IN/c1-2-12-7-9-14(10-8-12)17-11-13-5-3-4-6-15(13)16/h3-11H,2H2,1H3. The lowest BCUT2D eigenvalue weighted by Gasteiger charge is -1.98. The van der Waals surface area contributed by atoms with Crippen molar-refractivity contribution in [1.82, 2.24) is 0 Å². The third-order valence-electron chi connectivity index (χ3n) is 2.60. The van der Waals surface area contributed by atoms with Crippen molar-refractivity contribution in [3.8, 4) is 0 Å². The quantitative estimate of drug-likeness (QED) is 0.574. The van der Waals surface area contributed by atoms with Crippen LogP contribution in [-0.2, 0) is 6.42 Å². The molecule has 0 bridgehead atoms. The summed E-state index contributed by atoms with van der Waals surface area (Å²) in [7, 11) is 0. The Morgan fingerprint density at radius 1 is 1.06 bits per heavy atom. The molecular formula is C15H14IN. The second-order valence-corrected chi connectivity index (χ2v) is 4.96. The summed E-state index contributed by atoms with van der Waals surface area (Å²) in [6, 6.07) is 16.6. The number of nitrogens with zero attached hydrogens (tertiary/aromatic N) is 1. The Morgan fingerprint density at radius 2 is 1.76 bits per heavy atom. The van der Waals surface area contributed by atoms with E-state index in [0.717, 1.165) is 17.7 Å². The third-order valence-corrected chi connectivity index (χ3v) is 3.58. The molecule has 0 aliphatic rings. The number of hydrogen-bond donors (Lipinski definition) is 0. The predicted molar refractivity (Wildman–Crippen MR) is 82.2 cm³/mol. The van der Waals surface area contributed by atoms with Crippen LogP contribution in [0.25, 0.3) is 0 Å². The Labute approximate surface area is 116 Å². The van der Waals surface area contributed by atoms with Gasteiger partial charge >= 0.3 is 0 Å². The van der Waals surface area contributed by atoms with Crippen molar-refractivity contribution in [2.45, 2.75) is 13.3 Å². The first-order valence-corrected chi connectivity index (χ1v) is 6.75. The lowest BCUT2D eigenvalue weighted by atomic mass is 10.1. The molecule has 0 N–H and O–H groups in total. The van der Waals surface area contributed by atoms with E-state index >= 15 is 0 Å². The maximum Gasteiger partial charge on any atom is 0.0630 e. The molecule has 2 aromatic rings. The van der Waals surface area contributed by atoms with Crippen molar-refractivity contribution in [2.75, 3.05) is 0 Å². The number of rotatable bonds is 3. The van der Waals surface area contributed by atoms with Crippen molar-refractivity contribution in [3.05, 3.63) is 63.2 Å². The summed E-state index contributed by atoms with van der Waals surface area (Å²) in [4.78, 5) is 4.48. The summed E-state index contributed by atoms with van der Waals surface area (Å²) in [5, 5.41) is 0. The van der Waals surface area contributed by atoms with E-state index in [1.54, 1.807) is 0 Å². The number of aliphatic imine (C=N–C) groups is 1. The molecule has 2 rings (SSSR count). The minimum Gasteiger partial charge on any atom is -0.256 e. The van der Waals surface area contributed by atoms with Gasteiger partial charge in [0, 0.05) is 15.3 Å². The minimum atomic E-state index is 1.00. The highest BCUT2D eigenvalue weighted by molar-refractivity contribution is 14.1. The van der Waals surface area contributed by atoms with Gasteiger partial charge in [0.15, 0.2) is 0 Å². The van der Waals surface area contributed by atoms with Crippen molar-refractivity contribution >= 4 is 34.5 Å². The highest BCUT2D eigenvalue weighted by Gasteiger charge is 1.94. The van der Waals surface area contributed by atoms with E-state index in [9.17, 15) is 0 Å². The van der Waals surface area contributed by atoms with Gasteiger partial charge in [-0.05, 0) is 52.8 Å². The molecule has 2 heteroatoms. The molecule has 0 amide bonds. The molecule has 17 heavy (non-hydrogen) atoms. The van der Waals surface area contributed by atoms with Crippen molar-refractivity contribution in [3.63, 3.8) is 0 Å². The zero-order valence-corrected chi connectivity index (χ0v) is 11.9. The van der Waals surface area contributed by atoms with Crippen LogP contribution in [0.15, 0.2) is 53.5 Å². The fourth-order valence-electron chi connectivity index (χ4n) is 1.54. The third kappa shape index (κ3) is 3.40. The fourth-order valence-corrected chi connectivity index (χ4v) is 2.07. The van der Waals surface area contributed by atoms with Crippen LogP contribution in [0.5, 0.6) is 0 Å². The molecule has 0 aliphatic carbocycles. The number of hydrogen-bond acceptors (Lipinski definition) is 1. The fraction of sp³-hybridized carbons (Fsp3) is 0.133. The van der Waals surface area contributed by atoms with E-state index in [1.807, 2.05) is 18.3 Å². The van der Waals surface area contributed by atoms with E-state index in [-0.39, 0.29) is 0 Å². The van der Waals surface area contributed by atoms with Gasteiger partial charge in [-0.15, -0.1) is 0 Å². The zero-order chi connectivity index (χ0) is 12.1. The lowest BCUT2D eigenvalue weighted by Crippen LogP contribution is -1.84. The Kier molecular flexibility index (Phi) is 4.31. The lowest BCUT2D eigenvalue weighted by molar-refractivity contribution is 1.14. The first-order valence-electron chi connectivity index (χ1n) is 5.67. The second-order valence-electron chi connectivity index (χ2n) is 3.80. The van der Waals surface area contributed by atoms with Crippen LogP contribution < -0.4 is 0 Å². The largest absolute Gasteiger partial charge is 0.256 e. The maximum atomic E-state index is 4.48. The highest BCUT2D eigenvalue weighted by Crippen LogP contribution is 2.15. The van der Waals surface area contributed by atoms with E-state index in [4.69, 9.17) is 0 Å². The maximum absolute atomic E-state index is 4.48. The molecular weight excluding hydrogens is 321 g/mol. The van der Waals surface area contributed by atoms with Gasteiger partial charge < -0.3 is 0 Å². The molecule has 0 heterocycles. The molecule has 0 saturated heterocycles. The molecule has 86 valence electrons. The van der Waals surface area contributed by atoms with Crippen LogP contribution in [0.4, 0.5) is 5.69 Å². The average molecular weight is 335 g/mol. The van der Waals surface area contributed by atoms with E-state index in [1.165, 1.54) is 9.13 Å². The number of benzene rings is 2. The first kappa shape index (κ1) is 12.3. The van der Waals surface area contributed by atoms with Gasteiger partial charge in [-0.3, -0.25) is 4.99 Å². The topological polar surface area (TPSA) is 12.4 Å². The Bertz CT molecular complexity index is 515. The summed E-state index contributed by atoms with van der Waals surface area (Å²) < 4.78 is 1.22. The van der Waals surface area contributed by atoms with Gasteiger partial charge in [0.2, 0.25) is 0 Å². The summed E-state index contributed by atoms with van der Waals surface area (Å²) >= 11 is 2.32. The molecule has 0 fully saturated rings. The van der Waals surface area contributed by atoms with Gasteiger partial charge in [0.1, 0.15) is 0 Å². The SMILES string of the molecule is CCc1ccc(N=Cc2ccccc2I)cc1. The minimum absolute atomic E-state index is 1.00. The van der Waals surface area contributed by atoms with Crippen molar-refractivity contribution < 1.29 is 0 Å². The van der Waals surface area contributed by atoms with Gasteiger partial charge in [-0.1, -0.05) is 37.3 Å². The van der Waals surface area contributed by atoms with Crippen LogP contribution in [0.1, 0.15) is 18.1 Å². The van der Waals surface area contributed by atoms with E-state index in [0.29, 0.717) is 0 Å². The van der Waals surface area contributed by atoms with Gasteiger partial charge in [-0.2, -0.15) is 0 Å². The van der Waals surface area contributed by atoms with E-state index in [2.05, 4.69) is 70.9 Å².